The predicted octanol–water partition coefficient (Wildman–Crippen LogP) is 4.66. The Kier molecular flexibility index (Phi) is 7.02. The zero-order valence-corrected chi connectivity index (χ0v) is 24.4. The molecule has 1 fully saturated rings. The number of carbonyl (C=O) groups excluding carboxylic acids is 2. The van der Waals surface area contributed by atoms with Gasteiger partial charge < -0.3 is 19.5 Å². The molecule has 0 bridgehead atoms. The number of anilines is 3. The number of aliphatic hydroxyl groups is 1. The van der Waals surface area contributed by atoms with Gasteiger partial charge in [-0.15, -0.1) is 11.7 Å². The van der Waals surface area contributed by atoms with E-state index in [1.54, 1.807) is 26.8 Å². The summed E-state index contributed by atoms with van der Waals surface area (Å²) < 4.78 is 14.1. The highest BCUT2D eigenvalue weighted by Crippen LogP contribution is 2.54. The van der Waals surface area contributed by atoms with Crippen molar-refractivity contribution in [1.29, 1.82) is 0 Å². The summed E-state index contributed by atoms with van der Waals surface area (Å²) >= 11 is 0. The number of carbonyl (C=O) groups is 2. The molecule has 2 amide bonds. The Hall–Kier alpha value is -4.80. The lowest BCUT2D eigenvalue weighted by Gasteiger charge is -2.31. The van der Waals surface area contributed by atoms with E-state index in [4.69, 9.17) is 9.47 Å². The molecule has 7 rings (SSSR count). The predicted molar refractivity (Wildman–Crippen MR) is 164 cm³/mol. The molecule has 1 spiro atoms. The van der Waals surface area contributed by atoms with Crippen LogP contribution in [0.4, 0.5) is 17.1 Å². The fraction of sp³-hybridized carbons (Fsp3) is 0.294. The van der Waals surface area contributed by atoms with Crippen molar-refractivity contribution in [1.82, 2.24) is 15.0 Å². The molecule has 4 aromatic rings. The first-order valence-electron chi connectivity index (χ1n) is 14.8. The Morgan fingerprint density at radius 1 is 1.09 bits per heavy atom. The molecule has 10 nitrogen and oxygen atoms in total. The molecular weight excluding hydrogens is 558 g/mol. The van der Waals surface area contributed by atoms with Crippen molar-refractivity contribution in [2.24, 2.45) is 5.92 Å². The standard InChI is InChI=1S/C34H33N5O5/c1-3-16-38-28-14-13-24(39-29-11-7-8-12-30(29)43-21-31(39)40)19-26(28)34(33(38)42)22(2)18-25(44-34)15-17-37-20-27(35-36-37)32(41)23-9-5-4-6-10-23/h3-14,19-20,22,25,32,41H,1,15-18,21H2,2H3/t22-,25+,32+,34+/m0/s1. The van der Waals surface area contributed by atoms with Crippen LogP contribution in [0.1, 0.15) is 42.7 Å². The van der Waals surface area contributed by atoms with E-state index in [1.807, 2.05) is 79.7 Å². The van der Waals surface area contributed by atoms with Crippen molar-refractivity contribution in [3.05, 3.63) is 108 Å². The van der Waals surface area contributed by atoms with Gasteiger partial charge in [0.2, 0.25) is 0 Å². The fourth-order valence-corrected chi connectivity index (χ4v) is 6.70. The van der Waals surface area contributed by atoms with Crippen molar-refractivity contribution < 1.29 is 24.2 Å². The Morgan fingerprint density at radius 3 is 2.70 bits per heavy atom. The minimum Gasteiger partial charge on any atom is -0.482 e. The maximum absolute atomic E-state index is 14.2. The second-order valence-corrected chi connectivity index (χ2v) is 11.5. The van der Waals surface area contributed by atoms with Crippen LogP contribution in [0.25, 0.3) is 0 Å². The van der Waals surface area contributed by atoms with E-state index < -0.39 is 11.7 Å². The largest absolute Gasteiger partial charge is 0.482 e. The molecule has 1 saturated heterocycles. The number of para-hydroxylation sites is 2. The van der Waals surface area contributed by atoms with E-state index >= 15 is 0 Å². The molecule has 4 heterocycles. The van der Waals surface area contributed by atoms with Gasteiger partial charge in [-0.3, -0.25) is 19.2 Å². The van der Waals surface area contributed by atoms with Gasteiger partial charge in [-0.1, -0.05) is 60.7 Å². The summed E-state index contributed by atoms with van der Waals surface area (Å²) in [5, 5.41) is 19.1. The van der Waals surface area contributed by atoms with E-state index in [0.717, 1.165) is 16.8 Å². The van der Waals surface area contributed by atoms with Gasteiger partial charge >= 0.3 is 0 Å². The smallest absolute Gasteiger partial charge is 0.269 e. The number of aryl methyl sites for hydroxylation is 1. The maximum atomic E-state index is 14.2. The Balaban J connectivity index is 1.16. The van der Waals surface area contributed by atoms with Crippen LogP contribution in [0.2, 0.25) is 0 Å². The monoisotopic (exact) mass is 591 g/mol. The Labute approximate surface area is 255 Å². The molecule has 224 valence electrons. The lowest BCUT2D eigenvalue weighted by molar-refractivity contribution is -0.145. The number of fused-ring (bicyclic) bond motifs is 3. The van der Waals surface area contributed by atoms with Crippen molar-refractivity contribution >= 4 is 28.9 Å². The number of amides is 2. The van der Waals surface area contributed by atoms with E-state index in [9.17, 15) is 14.7 Å². The quantitative estimate of drug-likeness (QED) is 0.297. The van der Waals surface area contributed by atoms with Crippen LogP contribution in [0.5, 0.6) is 5.75 Å². The van der Waals surface area contributed by atoms with Crippen LogP contribution in [0.3, 0.4) is 0 Å². The number of ether oxygens (including phenoxy) is 2. The van der Waals surface area contributed by atoms with Crippen molar-refractivity contribution in [2.45, 2.75) is 44.1 Å². The number of hydrogen-bond donors (Lipinski definition) is 1. The molecule has 3 aromatic carbocycles. The van der Waals surface area contributed by atoms with E-state index in [1.165, 1.54) is 0 Å². The lowest BCUT2D eigenvalue weighted by Crippen LogP contribution is -2.44. The van der Waals surface area contributed by atoms with Gasteiger partial charge in [0.1, 0.15) is 17.5 Å². The summed E-state index contributed by atoms with van der Waals surface area (Å²) in [7, 11) is 0. The summed E-state index contributed by atoms with van der Waals surface area (Å²) in [6, 6.07) is 22.4. The molecule has 1 aromatic heterocycles. The van der Waals surface area contributed by atoms with Gasteiger partial charge in [-0.05, 0) is 48.7 Å². The summed E-state index contributed by atoms with van der Waals surface area (Å²) in [6.07, 6.45) is 3.65. The topological polar surface area (TPSA) is 110 Å². The Bertz CT molecular complexity index is 1740. The molecule has 0 aliphatic carbocycles. The number of benzene rings is 3. The van der Waals surface area contributed by atoms with Crippen molar-refractivity contribution in [3.63, 3.8) is 0 Å². The van der Waals surface area contributed by atoms with Crippen molar-refractivity contribution in [2.75, 3.05) is 23.0 Å². The average Bonchev–Trinajstić information content (AvgIpc) is 3.72. The zero-order valence-electron chi connectivity index (χ0n) is 24.4. The van der Waals surface area contributed by atoms with Crippen LogP contribution in [0, 0.1) is 5.92 Å². The number of hydrogen-bond acceptors (Lipinski definition) is 7. The molecule has 1 N–H and O–H groups in total. The SMILES string of the molecule is C=CCN1C(=O)[C@]2(O[C@H](CCn3cc([C@H](O)c4ccccc4)nn3)C[C@@H]2C)c2cc(N3C(=O)COc4ccccc43)ccc21. The number of aromatic nitrogens is 3. The molecular formula is C34H33N5O5. The van der Waals surface area contributed by atoms with Crippen molar-refractivity contribution in [3.8, 4) is 5.75 Å². The van der Waals surface area contributed by atoms with Gasteiger partial charge in [-0.2, -0.15) is 0 Å². The maximum Gasteiger partial charge on any atom is 0.269 e. The van der Waals surface area contributed by atoms with Gasteiger partial charge in [0.05, 0.1) is 23.7 Å². The highest BCUT2D eigenvalue weighted by Gasteiger charge is 2.60. The average molecular weight is 592 g/mol. The number of aliphatic hydroxyl groups excluding tert-OH is 1. The zero-order chi connectivity index (χ0) is 30.4. The minimum atomic E-state index is -1.19. The Morgan fingerprint density at radius 2 is 1.89 bits per heavy atom. The second-order valence-electron chi connectivity index (χ2n) is 11.5. The number of rotatable bonds is 8. The molecule has 4 atom stereocenters. The normalized spacial score (nSPS) is 23.0. The van der Waals surface area contributed by atoms with Crippen LogP contribution in [-0.2, 0) is 26.5 Å². The number of nitrogens with zero attached hydrogens (tertiary/aromatic N) is 5. The van der Waals surface area contributed by atoms with Gasteiger partial charge in [-0.25, -0.2) is 0 Å². The molecule has 10 heteroatoms. The third-order valence-corrected chi connectivity index (χ3v) is 8.81. The third-order valence-electron chi connectivity index (χ3n) is 8.81. The fourth-order valence-electron chi connectivity index (χ4n) is 6.70. The first-order chi connectivity index (χ1) is 21.4. The highest BCUT2D eigenvalue weighted by atomic mass is 16.5. The summed E-state index contributed by atoms with van der Waals surface area (Å²) in [6.45, 7) is 6.71. The van der Waals surface area contributed by atoms with Gasteiger partial charge in [0.15, 0.2) is 12.2 Å². The first kappa shape index (κ1) is 28.0. The highest BCUT2D eigenvalue weighted by molar-refractivity contribution is 6.09. The van der Waals surface area contributed by atoms with Gasteiger partial charge in [0.25, 0.3) is 11.8 Å². The van der Waals surface area contributed by atoms with E-state index in [0.29, 0.717) is 48.7 Å². The van der Waals surface area contributed by atoms with Crippen LogP contribution >= 0.6 is 0 Å². The molecule has 0 saturated carbocycles. The molecule has 0 radical (unpaired) electrons. The van der Waals surface area contributed by atoms with Crippen LogP contribution in [-0.4, -0.2) is 51.2 Å². The second kappa shape index (κ2) is 11.0. The van der Waals surface area contributed by atoms with E-state index in [-0.39, 0.29) is 30.4 Å². The first-order valence-corrected chi connectivity index (χ1v) is 14.8. The molecule has 0 unspecified atom stereocenters. The minimum absolute atomic E-state index is 0.0673. The summed E-state index contributed by atoms with van der Waals surface area (Å²) in [4.78, 5) is 30.6. The van der Waals surface area contributed by atoms with E-state index in [2.05, 4.69) is 16.9 Å². The molecule has 3 aliphatic rings. The van der Waals surface area contributed by atoms with Crippen LogP contribution < -0.4 is 14.5 Å². The van der Waals surface area contributed by atoms with Crippen LogP contribution in [0.15, 0.2) is 91.6 Å². The van der Waals surface area contributed by atoms with Gasteiger partial charge in [0, 0.05) is 30.3 Å². The molecule has 3 aliphatic heterocycles. The molecule has 44 heavy (non-hydrogen) atoms. The summed E-state index contributed by atoms with van der Waals surface area (Å²) in [5.74, 6) is 0.197. The lowest BCUT2D eigenvalue weighted by atomic mass is 9.82. The summed E-state index contributed by atoms with van der Waals surface area (Å²) in [5.41, 5.74) is 2.86. The third kappa shape index (κ3) is 4.49.